The molecule has 0 unspecified atom stereocenters. The van der Waals surface area contributed by atoms with Gasteiger partial charge in [-0.1, -0.05) is 13.3 Å². The number of aryl methyl sites for hydroxylation is 1. The van der Waals surface area contributed by atoms with Crippen molar-refractivity contribution in [3.63, 3.8) is 0 Å². The molecule has 0 aromatic carbocycles. The van der Waals surface area contributed by atoms with Crippen molar-refractivity contribution in [3.05, 3.63) is 42.0 Å². The van der Waals surface area contributed by atoms with E-state index in [4.69, 9.17) is 4.74 Å². The Balaban J connectivity index is 1.27. The third kappa shape index (κ3) is 2.89. The zero-order valence-electron chi connectivity index (χ0n) is 16.2. The van der Waals surface area contributed by atoms with Crippen LogP contribution in [0.15, 0.2) is 30.7 Å². The summed E-state index contributed by atoms with van der Waals surface area (Å²) in [6, 6.07) is 3.64. The molecule has 1 spiro atoms. The monoisotopic (exact) mass is 381 g/mol. The van der Waals surface area contributed by atoms with Gasteiger partial charge in [0, 0.05) is 43.5 Å². The molecule has 1 amide bonds. The van der Waals surface area contributed by atoms with E-state index in [0.29, 0.717) is 24.1 Å². The number of nitrogens with zero attached hydrogens (tertiary/aromatic N) is 3. The van der Waals surface area contributed by atoms with Gasteiger partial charge in [0.15, 0.2) is 0 Å². The molecular formula is C21H27N5O2. The van der Waals surface area contributed by atoms with Gasteiger partial charge in [0.2, 0.25) is 5.95 Å². The van der Waals surface area contributed by atoms with E-state index >= 15 is 0 Å². The molecule has 4 atom stereocenters. The average molecular weight is 381 g/mol. The first-order chi connectivity index (χ1) is 13.7. The van der Waals surface area contributed by atoms with Crippen molar-refractivity contribution in [2.75, 3.05) is 24.5 Å². The number of amides is 1. The van der Waals surface area contributed by atoms with Crippen molar-refractivity contribution < 1.29 is 9.53 Å². The maximum atomic E-state index is 12.3. The summed E-state index contributed by atoms with van der Waals surface area (Å²) in [5.41, 5.74) is 1.69. The van der Waals surface area contributed by atoms with Crippen LogP contribution in [0.4, 0.5) is 5.95 Å². The van der Waals surface area contributed by atoms with Crippen LogP contribution in [0.25, 0.3) is 0 Å². The molecule has 5 rings (SSSR count). The Morgan fingerprint density at radius 1 is 1.43 bits per heavy atom. The number of carbonyl (C=O) groups is 1. The third-order valence-electron chi connectivity index (χ3n) is 6.64. The highest BCUT2D eigenvalue weighted by atomic mass is 16.5. The predicted molar refractivity (Wildman–Crippen MR) is 105 cm³/mol. The first-order valence-electron chi connectivity index (χ1n) is 10.3. The van der Waals surface area contributed by atoms with Gasteiger partial charge in [-0.05, 0) is 37.0 Å². The van der Waals surface area contributed by atoms with Crippen molar-refractivity contribution in [1.29, 1.82) is 0 Å². The highest BCUT2D eigenvalue weighted by Crippen LogP contribution is 2.54. The summed E-state index contributed by atoms with van der Waals surface area (Å²) >= 11 is 0. The largest absolute Gasteiger partial charge is 0.369 e. The van der Waals surface area contributed by atoms with Crippen LogP contribution in [0, 0.1) is 11.8 Å². The molecule has 5 heterocycles. The molecule has 0 saturated carbocycles. The quantitative estimate of drug-likeness (QED) is 0.801. The van der Waals surface area contributed by atoms with Crippen LogP contribution in [0.3, 0.4) is 0 Å². The van der Waals surface area contributed by atoms with Gasteiger partial charge >= 0.3 is 0 Å². The Kier molecular flexibility index (Phi) is 4.34. The molecule has 0 aliphatic carbocycles. The second-order valence-corrected chi connectivity index (χ2v) is 8.35. The molecular weight excluding hydrogens is 354 g/mol. The Morgan fingerprint density at radius 2 is 2.29 bits per heavy atom. The molecule has 3 saturated heterocycles. The Hall–Kier alpha value is -2.41. The number of ether oxygens (including phenoxy) is 1. The van der Waals surface area contributed by atoms with Crippen LogP contribution in [0.1, 0.15) is 42.2 Å². The fourth-order valence-electron chi connectivity index (χ4n) is 5.32. The number of rotatable bonds is 6. The van der Waals surface area contributed by atoms with Crippen molar-refractivity contribution in [1.82, 2.24) is 20.3 Å². The fourth-order valence-corrected chi connectivity index (χ4v) is 5.32. The van der Waals surface area contributed by atoms with Gasteiger partial charge in [-0.2, -0.15) is 0 Å². The molecule has 3 fully saturated rings. The Morgan fingerprint density at radius 3 is 3.04 bits per heavy atom. The highest BCUT2D eigenvalue weighted by Gasteiger charge is 2.63. The van der Waals surface area contributed by atoms with Crippen molar-refractivity contribution in [2.45, 2.75) is 44.3 Å². The van der Waals surface area contributed by atoms with E-state index in [9.17, 15) is 4.79 Å². The van der Waals surface area contributed by atoms with E-state index in [0.717, 1.165) is 44.7 Å². The van der Waals surface area contributed by atoms with E-state index in [2.05, 4.69) is 32.1 Å². The molecule has 2 aromatic rings. The van der Waals surface area contributed by atoms with E-state index in [1.54, 1.807) is 12.3 Å². The van der Waals surface area contributed by atoms with Gasteiger partial charge in [0.05, 0.1) is 18.2 Å². The predicted octanol–water partition coefficient (Wildman–Crippen LogP) is 2.17. The number of H-pyrrole nitrogens is 1. The molecule has 2 N–H and O–H groups in total. The summed E-state index contributed by atoms with van der Waals surface area (Å²) in [4.78, 5) is 26.8. The van der Waals surface area contributed by atoms with Gasteiger partial charge in [0.25, 0.3) is 5.91 Å². The lowest BCUT2D eigenvalue weighted by Gasteiger charge is -2.29. The summed E-state index contributed by atoms with van der Waals surface area (Å²) < 4.78 is 6.48. The molecule has 148 valence electrons. The van der Waals surface area contributed by atoms with E-state index in [1.807, 2.05) is 18.5 Å². The lowest BCUT2D eigenvalue weighted by atomic mass is 9.73. The number of aromatic amines is 1. The summed E-state index contributed by atoms with van der Waals surface area (Å²) in [6.45, 7) is 4.56. The summed E-state index contributed by atoms with van der Waals surface area (Å²) in [5, 5.41) is 3.10. The number of hydrogen-bond donors (Lipinski definition) is 2. The van der Waals surface area contributed by atoms with E-state index in [1.165, 1.54) is 5.56 Å². The normalized spacial score (nSPS) is 30.6. The van der Waals surface area contributed by atoms with Crippen molar-refractivity contribution in [3.8, 4) is 0 Å². The van der Waals surface area contributed by atoms with Gasteiger partial charge < -0.3 is 19.9 Å². The summed E-state index contributed by atoms with van der Waals surface area (Å²) in [5.74, 6) is 1.50. The Labute approximate surface area is 164 Å². The van der Waals surface area contributed by atoms with Crippen LogP contribution < -0.4 is 10.2 Å². The van der Waals surface area contributed by atoms with Crippen LogP contribution in [0.5, 0.6) is 0 Å². The second-order valence-electron chi connectivity index (χ2n) is 8.35. The van der Waals surface area contributed by atoms with Crippen LogP contribution in [0.2, 0.25) is 0 Å². The molecule has 2 aromatic heterocycles. The molecule has 3 aliphatic heterocycles. The summed E-state index contributed by atoms with van der Waals surface area (Å²) in [6.07, 6.45) is 10.2. The number of carbonyl (C=O) groups excluding carboxylic acids is 1. The molecule has 7 nitrogen and oxygen atoms in total. The van der Waals surface area contributed by atoms with E-state index < -0.39 is 0 Å². The summed E-state index contributed by atoms with van der Waals surface area (Å²) in [7, 11) is 0. The smallest absolute Gasteiger partial charge is 0.267 e. The zero-order valence-corrected chi connectivity index (χ0v) is 16.2. The van der Waals surface area contributed by atoms with Gasteiger partial charge in [-0.3, -0.25) is 4.79 Å². The molecule has 7 heteroatoms. The zero-order chi connectivity index (χ0) is 19.1. The van der Waals surface area contributed by atoms with Crippen molar-refractivity contribution >= 4 is 11.9 Å². The minimum Gasteiger partial charge on any atom is -0.369 e. The second kappa shape index (κ2) is 6.88. The number of anilines is 1. The lowest BCUT2D eigenvalue weighted by molar-refractivity contribution is 0.0141. The minimum atomic E-state index is -0.0993. The van der Waals surface area contributed by atoms with Crippen LogP contribution in [-0.4, -0.2) is 52.2 Å². The standard InChI is InChI=1S/C21H27N5O2/c1-2-4-14-9-24-20(25-10-14)26-12-16-15(18-6-7-21(16,13-26)28-18)11-23-19(27)17-5-3-8-22-17/h3,5,8-10,15-16,18,22H,2,4,6-7,11-13H2,1H3,(H,23,27)/t15-,16+,18+,21+/m0/s1. The fraction of sp³-hybridized carbons (Fsp3) is 0.571. The maximum Gasteiger partial charge on any atom is 0.267 e. The lowest BCUT2D eigenvalue weighted by Crippen LogP contribution is -2.42. The molecule has 0 radical (unpaired) electrons. The average Bonchev–Trinajstić information content (AvgIpc) is 3.47. The number of hydrogen-bond acceptors (Lipinski definition) is 5. The topological polar surface area (TPSA) is 83.1 Å². The van der Waals surface area contributed by atoms with Crippen LogP contribution in [-0.2, 0) is 11.2 Å². The Bertz CT molecular complexity index is 837. The van der Waals surface area contributed by atoms with Crippen LogP contribution >= 0.6 is 0 Å². The van der Waals surface area contributed by atoms with Gasteiger partial charge in [-0.25, -0.2) is 9.97 Å². The van der Waals surface area contributed by atoms with Gasteiger partial charge in [-0.15, -0.1) is 0 Å². The minimum absolute atomic E-state index is 0.0495. The third-order valence-corrected chi connectivity index (χ3v) is 6.64. The number of fused-ring (bicyclic) bond motifs is 1. The van der Waals surface area contributed by atoms with Gasteiger partial charge in [0.1, 0.15) is 5.69 Å². The first kappa shape index (κ1) is 17.7. The highest BCUT2D eigenvalue weighted by molar-refractivity contribution is 5.92. The SMILES string of the molecule is CCCc1cnc(N2C[C@@H]3[C@H](CNC(=O)c4ccc[nH]4)[C@H]4CC[C@]3(C2)O4)nc1. The maximum absolute atomic E-state index is 12.3. The number of aromatic nitrogens is 3. The number of nitrogens with one attached hydrogen (secondary N) is 2. The molecule has 3 aliphatic rings. The van der Waals surface area contributed by atoms with Crippen molar-refractivity contribution in [2.24, 2.45) is 11.8 Å². The first-order valence-corrected chi connectivity index (χ1v) is 10.3. The molecule has 28 heavy (non-hydrogen) atoms. The van der Waals surface area contributed by atoms with E-state index in [-0.39, 0.29) is 17.6 Å². The molecule has 2 bridgehead atoms.